The summed E-state index contributed by atoms with van der Waals surface area (Å²) in [4.78, 5) is 28.5. The normalized spacial score (nSPS) is 12.2. The van der Waals surface area contributed by atoms with E-state index in [4.69, 9.17) is 0 Å². The molecule has 0 spiro atoms. The number of aryl methyl sites for hydroxylation is 2. The van der Waals surface area contributed by atoms with Gasteiger partial charge in [-0.3, -0.25) is 13.9 Å². The van der Waals surface area contributed by atoms with Crippen LogP contribution in [0.15, 0.2) is 77.7 Å². The van der Waals surface area contributed by atoms with E-state index in [1.807, 2.05) is 33.8 Å². The van der Waals surface area contributed by atoms with E-state index in [9.17, 15) is 22.4 Å². The minimum atomic E-state index is -4.13. The second-order valence-corrected chi connectivity index (χ2v) is 11.8. The second-order valence-electron chi connectivity index (χ2n) is 9.90. The zero-order valence-electron chi connectivity index (χ0n) is 23.0. The molecule has 0 aliphatic heterocycles. The number of nitrogens with zero attached hydrogens (tertiary/aromatic N) is 2. The fourth-order valence-electron chi connectivity index (χ4n) is 4.24. The van der Waals surface area contributed by atoms with Crippen LogP contribution < -0.4 is 9.62 Å². The number of hydrogen-bond acceptors (Lipinski definition) is 4. The number of nitrogens with one attached hydrogen (secondary N) is 1. The van der Waals surface area contributed by atoms with Crippen molar-refractivity contribution >= 4 is 27.5 Å². The van der Waals surface area contributed by atoms with Gasteiger partial charge in [0, 0.05) is 12.6 Å². The molecule has 7 nitrogen and oxygen atoms in total. The van der Waals surface area contributed by atoms with Gasteiger partial charge in [0.15, 0.2) is 0 Å². The maximum absolute atomic E-state index is 14.0. The number of anilines is 1. The molecule has 0 bridgehead atoms. The summed E-state index contributed by atoms with van der Waals surface area (Å²) in [5.74, 6) is -1.32. The maximum atomic E-state index is 14.0. The van der Waals surface area contributed by atoms with Gasteiger partial charge >= 0.3 is 0 Å². The highest BCUT2D eigenvalue weighted by molar-refractivity contribution is 7.92. The highest BCUT2D eigenvalue weighted by Crippen LogP contribution is 2.26. The van der Waals surface area contributed by atoms with Crippen LogP contribution in [0.5, 0.6) is 0 Å². The molecule has 0 saturated heterocycles. The van der Waals surface area contributed by atoms with E-state index in [2.05, 4.69) is 5.32 Å². The second kappa shape index (κ2) is 12.9. The summed E-state index contributed by atoms with van der Waals surface area (Å²) in [6.07, 6.45) is 0.306. The fraction of sp³-hybridized carbons (Fsp3) is 0.333. The summed E-state index contributed by atoms with van der Waals surface area (Å²) in [6, 6.07) is 18.0. The Bertz CT molecular complexity index is 1390. The van der Waals surface area contributed by atoms with Crippen LogP contribution in [-0.2, 0) is 26.2 Å². The summed E-state index contributed by atoms with van der Waals surface area (Å²) < 4.78 is 42.4. The molecule has 39 heavy (non-hydrogen) atoms. The quantitative estimate of drug-likeness (QED) is 0.363. The Morgan fingerprint density at radius 2 is 1.56 bits per heavy atom. The van der Waals surface area contributed by atoms with E-state index < -0.39 is 34.3 Å². The van der Waals surface area contributed by atoms with Gasteiger partial charge in [-0.15, -0.1) is 0 Å². The van der Waals surface area contributed by atoms with Crippen LogP contribution in [0.1, 0.15) is 43.9 Å². The molecular weight excluding hydrogens is 517 g/mol. The van der Waals surface area contributed by atoms with Crippen LogP contribution in [0.2, 0.25) is 0 Å². The van der Waals surface area contributed by atoms with Crippen LogP contribution in [0.4, 0.5) is 10.1 Å². The third-order valence-electron chi connectivity index (χ3n) is 6.26. The molecule has 1 atom stereocenters. The van der Waals surface area contributed by atoms with Gasteiger partial charge in [0.2, 0.25) is 11.8 Å². The smallest absolute Gasteiger partial charge is 0.264 e. The van der Waals surface area contributed by atoms with E-state index >= 15 is 0 Å². The van der Waals surface area contributed by atoms with Crippen molar-refractivity contribution in [2.45, 2.75) is 64.6 Å². The first-order chi connectivity index (χ1) is 18.4. The predicted octanol–water partition coefficient (Wildman–Crippen LogP) is 4.97. The molecule has 2 amide bonds. The molecule has 3 aromatic carbocycles. The lowest BCUT2D eigenvalue weighted by Gasteiger charge is -2.33. The van der Waals surface area contributed by atoms with Gasteiger partial charge in [-0.1, -0.05) is 48.9 Å². The third kappa shape index (κ3) is 7.66. The van der Waals surface area contributed by atoms with Gasteiger partial charge in [0.25, 0.3) is 10.0 Å². The van der Waals surface area contributed by atoms with Crippen LogP contribution in [0.3, 0.4) is 0 Å². The number of amides is 2. The molecule has 3 aromatic rings. The first kappa shape index (κ1) is 29.8. The minimum absolute atomic E-state index is 0.00930. The van der Waals surface area contributed by atoms with E-state index in [1.165, 1.54) is 29.2 Å². The number of sulfonamides is 1. The summed E-state index contributed by atoms with van der Waals surface area (Å²) in [5, 5.41) is 2.85. The number of benzene rings is 3. The van der Waals surface area contributed by atoms with Gasteiger partial charge in [-0.05, 0) is 81.6 Å². The summed E-state index contributed by atoms with van der Waals surface area (Å²) >= 11 is 0. The predicted molar refractivity (Wildman–Crippen MR) is 151 cm³/mol. The third-order valence-corrected chi connectivity index (χ3v) is 8.05. The lowest BCUT2D eigenvalue weighted by Crippen LogP contribution is -2.53. The molecule has 0 saturated carbocycles. The van der Waals surface area contributed by atoms with Crippen molar-refractivity contribution in [3.63, 3.8) is 0 Å². The van der Waals surface area contributed by atoms with Crippen molar-refractivity contribution in [2.75, 3.05) is 10.8 Å². The summed E-state index contributed by atoms with van der Waals surface area (Å²) in [6.45, 7) is 8.62. The molecule has 0 fully saturated rings. The first-order valence-electron chi connectivity index (χ1n) is 12.9. The van der Waals surface area contributed by atoms with Crippen molar-refractivity contribution < 1.29 is 22.4 Å². The van der Waals surface area contributed by atoms with Crippen molar-refractivity contribution in [3.05, 3.63) is 95.3 Å². The molecule has 0 aromatic heterocycles. The van der Waals surface area contributed by atoms with Gasteiger partial charge in [0.05, 0.1) is 10.6 Å². The highest BCUT2D eigenvalue weighted by atomic mass is 32.2. The lowest BCUT2D eigenvalue weighted by atomic mass is 10.1. The summed E-state index contributed by atoms with van der Waals surface area (Å²) in [7, 11) is -4.13. The van der Waals surface area contributed by atoms with Gasteiger partial charge in [-0.2, -0.15) is 0 Å². The standard InChI is InChI=1S/C30H36FN3O4S/c1-6-28(30(36)32-21(2)3)33(19-24-12-14-25(31)15-13-24)29(35)20-34(26-9-7-8-23(5)18-26)39(37,38)27-16-10-22(4)11-17-27/h7-18,21,28H,6,19-20H2,1-5H3,(H,32,36)/t28-/m1/s1. The largest absolute Gasteiger partial charge is 0.352 e. The van der Waals surface area contributed by atoms with Gasteiger partial charge in [0.1, 0.15) is 18.4 Å². The topological polar surface area (TPSA) is 86.8 Å². The lowest BCUT2D eigenvalue weighted by molar-refractivity contribution is -0.140. The molecule has 208 valence electrons. The van der Waals surface area contributed by atoms with Crippen molar-refractivity contribution in [2.24, 2.45) is 0 Å². The van der Waals surface area contributed by atoms with E-state index in [-0.39, 0.29) is 23.4 Å². The van der Waals surface area contributed by atoms with Gasteiger partial charge < -0.3 is 10.2 Å². The van der Waals surface area contributed by atoms with Crippen LogP contribution in [-0.4, -0.2) is 43.8 Å². The molecule has 9 heteroatoms. The Morgan fingerprint density at radius 3 is 2.13 bits per heavy atom. The molecule has 1 N–H and O–H groups in total. The summed E-state index contributed by atoms with van der Waals surface area (Å²) in [5.41, 5.74) is 2.68. The Morgan fingerprint density at radius 1 is 0.923 bits per heavy atom. The fourth-order valence-corrected chi connectivity index (χ4v) is 5.64. The number of carbonyl (C=O) groups excluding carboxylic acids is 2. The molecule has 0 aliphatic carbocycles. The molecule has 0 aliphatic rings. The van der Waals surface area contributed by atoms with Crippen LogP contribution >= 0.6 is 0 Å². The van der Waals surface area contributed by atoms with Crippen molar-refractivity contribution in [3.8, 4) is 0 Å². The average Bonchev–Trinajstić information content (AvgIpc) is 2.88. The monoisotopic (exact) mass is 553 g/mol. The van der Waals surface area contributed by atoms with Crippen molar-refractivity contribution in [1.82, 2.24) is 10.2 Å². The SMILES string of the molecule is CC[C@H](C(=O)NC(C)C)N(Cc1ccc(F)cc1)C(=O)CN(c1cccc(C)c1)S(=O)(=O)c1ccc(C)cc1. The molecule has 0 unspecified atom stereocenters. The highest BCUT2D eigenvalue weighted by Gasteiger charge is 2.33. The maximum Gasteiger partial charge on any atom is 0.264 e. The minimum Gasteiger partial charge on any atom is -0.352 e. The van der Waals surface area contributed by atoms with E-state index in [0.717, 1.165) is 15.4 Å². The number of carbonyl (C=O) groups is 2. The zero-order chi connectivity index (χ0) is 28.7. The Hall–Kier alpha value is -3.72. The van der Waals surface area contributed by atoms with Crippen LogP contribution in [0, 0.1) is 19.7 Å². The van der Waals surface area contributed by atoms with Gasteiger partial charge in [-0.25, -0.2) is 12.8 Å². The van der Waals surface area contributed by atoms with Crippen LogP contribution in [0.25, 0.3) is 0 Å². The number of rotatable bonds is 11. The van der Waals surface area contributed by atoms with E-state index in [1.54, 1.807) is 49.4 Å². The first-order valence-corrected chi connectivity index (χ1v) is 14.4. The Balaban J connectivity index is 2.06. The number of hydrogen-bond donors (Lipinski definition) is 1. The van der Waals surface area contributed by atoms with Crippen molar-refractivity contribution in [1.29, 1.82) is 0 Å². The Kier molecular flexibility index (Phi) is 9.86. The number of halogens is 1. The zero-order valence-corrected chi connectivity index (χ0v) is 23.8. The molecule has 3 rings (SSSR count). The molecule has 0 heterocycles. The Labute approximate surface area is 230 Å². The average molecular weight is 554 g/mol. The molecule has 0 radical (unpaired) electrons. The molecular formula is C30H36FN3O4S. The van der Waals surface area contributed by atoms with E-state index in [0.29, 0.717) is 17.7 Å².